The molecule has 1 rings (SSSR count). The quantitative estimate of drug-likeness (QED) is 0.491. The van der Waals surface area contributed by atoms with Crippen LogP contribution in [-0.2, 0) is 14.3 Å². The van der Waals surface area contributed by atoms with Crippen molar-refractivity contribution in [3.05, 3.63) is 11.3 Å². The Morgan fingerprint density at radius 1 is 1.40 bits per heavy atom. The summed E-state index contributed by atoms with van der Waals surface area (Å²) in [6.07, 6.45) is 2.36. The van der Waals surface area contributed by atoms with E-state index in [1.807, 2.05) is 6.92 Å². The molecule has 0 radical (unpaired) electrons. The number of thioether (sulfide) groups is 1. The van der Waals surface area contributed by atoms with Crippen molar-refractivity contribution in [1.82, 2.24) is 0 Å². The topological polar surface area (TPSA) is 76.0 Å². The van der Waals surface area contributed by atoms with E-state index in [1.54, 1.807) is 25.7 Å². The van der Waals surface area contributed by atoms with Gasteiger partial charge in [0, 0.05) is 24.4 Å². The third kappa shape index (κ3) is 5.59. The summed E-state index contributed by atoms with van der Waals surface area (Å²) in [5, 5.41) is 11.1. The van der Waals surface area contributed by atoms with E-state index in [1.165, 1.54) is 0 Å². The van der Waals surface area contributed by atoms with E-state index in [2.05, 4.69) is 18.8 Å². The van der Waals surface area contributed by atoms with E-state index in [4.69, 9.17) is 4.74 Å². The first-order valence-corrected chi connectivity index (χ1v) is 10.2. The molecule has 3 unspecified atom stereocenters. The predicted octanol–water partition coefficient (Wildman–Crippen LogP) is 3.97. The van der Waals surface area contributed by atoms with E-state index < -0.39 is 11.9 Å². The first kappa shape index (κ1) is 21.7. The number of hydrogen-bond donors (Lipinski definition) is 1. The normalized spacial score (nSPS) is 22.9. The van der Waals surface area contributed by atoms with Gasteiger partial charge in [0.25, 0.3) is 0 Å². The molecule has 0 heterocycles. The van der Waals surface area contributed by atoms with Crippen LogP contribution in [0.15, 0.2) is 16.3 Å². The second-order valence-electron chi connectivity index (χ2n) is 6.30. The van der Waals surface area contributed by atoms with Crippen LogP contribution in [0.3, 0.4) is 0 Å². The van der Waals surface area contributed by atoms with Gasteiger partial charge in [-0.3, -0.25) is 14.6 Å². The maximum Gasteiger partial charge on any atom is 0.316 e. The third-order valence-corrected chi connectivity index (χ3v) is 5.52. The van der Waals surface area contributed by atoms with Crippen molar-refractivity contribution in [3.63, 3.8) is 0 Å². The van der Waals surface area contributed by atoms with Crippen molar-refractivity contribution >= 4 is 29.2 Å². The van der Waals surface area contributed by atoms with Gasteiger partial charge in [0.1, 0.15) is 11.7 Å². The number of ether oxygens (including phenoxy) is 1. The molecule has 142 valence electrons. The average molecular weight is 370 g/mol. The molecule has 0 saturated carbocycles. The molecule has 25 heavy (non-hydrogen) atoms. The number of nitrogens with zero attached hydrogens (tertiary/aromatic N) is 1. The Labute approximate surface area is 155 Å². The highest BCUT2D eigenvalue weighted by molar-refractivity contribution is 7.99. The van der Waals surface area contributed by atoms with Gasteiger partial charge in [0.2, 0.25) is 0 Å². The van der Waals surface area contributed by atoms with Crippen LogP contribution in [0.25, 0.3) is 0 Å². The van der Waals surface area contributed by atoms with Gasteiger partial charge in [-0.1, -0.05) is 27.2 Å². The lowest BCUT2D eigenvalue weighted by Gasteiger charge is -2.32. The molecule has 0 aliphatic heterocycles. The maximum absolute atomic E-state index is 12.7. The first-order chi connectivity index (χ1) is 11.9. The minimum Gasteiger partial charge on any atom is -0.511 e. The van der Waals surface area contributed by atoms with Crippen molar-refractivity contribution < 1.29 is 19.4 Å². The van der Waals surface area contributed by atoms with E-state index in [9.17, 15) is 14.7 Å². The van der Waals surface area contributed by atoms with Crippen molar-refractivity contribution in [1.29, 1.82) is 0 Å². The zero-order valence-electron chi connectivity index (χ0n) is 16.0. The fourth-order valence-electron chi connectivity index (χ4n) is 3.41. The average Bonchev–Trinajstić information content (AvgIpc) is 2.54. The number of esters is 1. The Morgan fingerprint density at radius 2 is 2.08 bits per heavy atom. The number of aliphatic imine (C=N–C) groups is 1. The van der Waals surface area contributed by atoms with Crippen molar-refractivity contribution in [2.45, 2.75) is 58.6 Å². The number of rotatable bonds is 9. The molecule has 0 aromatic rings. The van der Waals surface area contributed by atoms with Gasteiger partial charge in [-0.05, 0) is 31.4 Å². The van der Waals surface area contributed by atoms with E-state index in [0.717, 1.165) is 12.2 Å². The highest BCUT2D eigenvalue weighted by Gasteiger charge is 2.43. The fourth-order valence-corrected chi connectivity index (χ4v) is 4.36. The molecule has 0 bridgehead atoms. The molecule has 1 N–H and O–H groups in total. The number of aliphatic hydroxyl groups is 1. The molecule has 0 fully saturated rings. The monoisotopic (exact) mass is 369 g/mol. The summed E-state index contributed by atoms with van der Waals surface area (Å²) in [7, 11) is 1.62. The van der Waals surface area contributed by atoms with Crippen LogP contribution in [0.4, 0.5) is 0 Å². The van der Waals surface area contributed by atoms with Crippen LogP contribution in [0.1, 0.15) is 53.4 Å². The van der Waals surface area contributed by atoms with Gasteiger partial charge in [-0.2, -0.15) is 11.8 Å². The van der Waals surface area contributed by atoms with Crippen LogP contribution < -0.4 is 0 Å². The van der Waals surface area contributed by atoms with Crippen LogP contribution in [0.5, 0.6) is 0 Å². The van der Waals surface area contributed by atoms with Crippen LogP contribution in [0, 0.1) is 11.8 Å². The van der Waals surface area contributed by atoms with Crippen molar-refractivity contribution in [3.8, 4) is 0 Å². The number of ketones is 1. The van der Waals surface area contributed by atoms with E-state index >= 15 is 0 Å². The highest BCUT2D eigenvalue weighted by atomic mass is 32.2. The first-order valence-electron chi connectivity index (χ1n) is 9.11. The molecule has 6 heteroatoms. The Kier molecular flexibility index (Phi) is 9.25. The minimum absolute atomic E-state index is 0.120. The number of Topliss-reactive ketones (excluding diaryl/α,β-unsaturated/α-hetero) is 1. The van der Waals surface area contributed by atoms with E-state index in [-0.39, 0.29) is 36.1 Å². The lowest BCUT2D eigenvalue weighted by atomic mass is 9.74. The summed E-state index contributed by atoms with van der Waals surface area (Å²) < 4.78 is 5.19. The second kappa shape index (κ2) is 10.6. The molecular weight excluding hydrogens is 338 g/mol. The smallest absolute Gasteiger partial charge is 0.316 e. The van der Waals surface area contributed by atoms with Crippen molar-refractivity contribution in [2.75, 3.05) is 19.4 Å². The molecule has 1 aliphatic carbocycles. The zero-order valence-corrected chi connectivity index (χ0v) is 16.8. The standard InChI is InChI=1S/C19H31NO4S/c1-6-9-14(20-5)17-15(21)11-13(10-12(4)25-8-3)16(18(17)22)19(23)24-7-2/h12-13,16,22H,6-11H2,1-5H3. The third-order valence-electron chi connectivity index (χ3n) is 4.42. The lowest BCUT2D eigenvalue weighted by Crippen LogP contribution is -2.38. The summed E-state index contributed by atoms with van der Waals surface area (Å²) in [6.45, 7) is 8.16. The second-order valence-corrected chi connectivity index (χ2v) is 8.01. The number of aliphatic hydroxyl groups excluding tert-OH is 1. The molecule has 3 atom stereocenters. The Balaban J connectivity index is 3.26. The van der Waals surface area contributed by atoms with Gasteiger partial charge < -0.3 is 9.84 Å². The Morgan fingerprint density at radius 3 is 2.60 bits per heavy atom. The molecule has 0 aromatic carbocycles. The number of hydrogen-bond acceptors (Lipinski definition) is 6. The molecular formula is C19H31NO4S. The number of allylic oxidation sites excluding steroid dienone is 1. The zero-order chi connectivity index (χ0) is 19.0. The molecule has 0 spiro atoms. The van der Waals surface area contributed by atoms with Crippen LogP contribution in [0.2, 0.25) is 0 Å². The molecule has 0 aromatic heterocycles. The Bertz CT molecular complexity index is 542. The maximum atomic E-state index is 12.7. The summed E-state index contributed by atoms with van der Waals surface area (Å²) in [4.78, 5) is 29.4. The summed E-state index contributed by atoms with van der Waals surface area (Å²) in [5.41, 5.74) is 0.809. The van der Waals surface area contributed by atoms with Gasteiger partial charge in [-0.25, -0.2) is 0 Å². The number of carbonyl (C=O) groups is 2. The van der Waals surface area contributed by atoms with Gasteiger partial charge in [0.15, 0.2) is 5.78 Å². The lowest BCUT2D eigenvalue weighted by molar-refractivity contribution is -0.150. The van der Waals surface area contributed by atoms with Gasteiger partial charge >= 0.3 is 5.97 Å². The van der Waals surface area contributed by atoms with Crippen LogP contribution >= 0.6 is 11.8 Å². The summed E-state index contributed by atoms with van der Waals surface area (Å²) in [5.74, 6) is -0.753. The largest absolute Gasteiger partial charge is 0.511 e. The predicted molar refractivity (Wildman–Crippen MR) is 103 cm³/mol. The fraction of sp³-hybridized carbons (Fsp3) is 0.737. The SMILES string of the molecule is CCCC(=NC)C1=C(O)C(C(=O)OCC)C(CC(C)SCC)CC1=O. The molecule has 5 nitrogen and oxygen atoms in total. The highest BCUT2D eigenvalue weighted by Crippen LogP contribution is 2.38. The Hall–Kier alpha value is -1.30. The van der Waals surface area contributed by atoms with Gasteiger partial charge in [0.05, 0.1) is 12.2 Å². The summed E-state index contributed by atoms with van der Waals surface area (Å²) in [6, 6.07) is 0. The minimum atomic E-state index is -0.777. The number of carbonyl (C=O) groups excluding carboxylic acids is 2. The van der Waals surface area contributed by atoms with Crippen molar-refractivity contribution in [2.24, 2.45) is 16.8 Å². The molecule has 0 saturated heterocycles. The molecule has 1 aliphatic rings. The molecule has 0 amide bonds. The summed E-state index contributed by atoms with van der Waals surface area (Å²) >= 11 is 1.79. The van der Waals surface area contributed by atoms with E-state index in [0.29, 0.717) is 23.8 Å². The van der Waals surface area contributed by atoms with Crippen LogP contribution in [-0.4, -0.2) is 47.2 Å². The van der Waals surface area contributed by atoms with Gasteiger partial charge in [-0.15, -0.1) is 0 Å².